The van der Waals surface area contributed by atoms with Crippen molar-refractivity contribution < 1.29 is 0 Å². The first-order valence-corrected chi connectivity index (χ1v) is 8.26. The van der Waals surface area contributed by atoms with Crippen LogP contribution in [0.3, 0.4) is 0 Å². The Kier molecular flexibility index (Phi) is 5.93. The minimum Gasteiger partial charge on any atom is -0.306 e. The van der Waals surface area contributed by atoms with Gasteiger partial charge in [0.1, 0.15) is 0 Å². The van der Waals surface area contributed by atoms with Crippen molar-refractivity contribution >= 4 is 27.5 Å². The summed E-state index contributed by atoms with van der Waals surface area (Å²) in [5.41, 5.74) is 2.77. The van der Waals surface area contributed by atoms with Crippen LogP contribution < -0.4 is 5.32 Å². The van der Waals surface area contributed by atoms with Gasteiger partial charge in [-0.25, -0.2) is 0 Å². The van der Waals surface area contributed by atoms with Crippen molar-refractivity contribution in [3.63, 3.8) is 0 Å². The van der Waals surface area contributed by atoms with Gasteiger partial charge in [0.15, 0.2) is 0 Å². The molecule has 0 amide bonds. The lowest BCUT2D eigenvalue weighted by molar-refractivity contribution is 0.545. The zero-order chi connectivity index (χ0) is 13.7. The van der Waals surface area contributed by atoms with E-state index < -0.39 is 0 Å². The highest BCUT2D eigenvalue weighted by Gasteiger charge is 2.20. The van der Waals surface area contributed by atoms with E-state index >= 15 is 0 Å². The molecule has 1 nitrogen and oxygen atoms in total. The van der Waals surface area contributed by atoms with Crippen LogP contribution in [-0.2, 0) is 0 Å². The van der Waals surface area contributed by atoms with Crippen molar-refractivity contribution in [2.75, 3.05) is 6.54 Å². The second kappa shape index (κ2) is 7.47. The Bertz CT molecular complexity index is 456. The minimum atomic E-state index is 0.299. The van der Waals surface area contributed by atoms with E-state index in [2.05, 4.69) is 40.3 Å². The van der Waals surface area contributed by atoms with Gasteiger partial charge in [0, 0.05) is 9.50 Å². The standard InChI is InChI=1S/C16H21BrClN/c1-2-10-19-16(12-6-4-3-5-7-12)14-11-13(18)8-9-15(14)17/h6,8-9,11,16,19H,2-5,7,10H2,1H3. The van der Waals surface area contributed by atoms with Crippen LogP contribution in [0, 0.1) is 0 Å². The Morgan fingerprint density at radius 1 is 1.37 bits per heavy atom. The van der Waals surface area contributed by atoms with Gasteiger partial charge in [-0.1, -0.05) is 46.1 Å². The van der Waals surface area contributed by atoms with Crippen molar-refractivity contribution in [3.8, 4) is 0 Å². The fraction of sp³-hybridized carbons (Fsp3) is 0.500. The van der Waals surface area contributed by atoms with Crippen LogP contribution in [0.25, 0.3) is 0 Å². The molecule has 1 aromatic rings. The Morgan fingerprint density at radius 2 is 2.21 bits per heavy atom. The first-order chi connectivity index (χ1) is 9.22. The lowest BCUT2D eigenvalue weighted by atomic mass is 9.90. The molecule has 1 N–H and O–H groups in total. The summed E-state index contributed by atoms with van der Waals surface area (Å²) in [4.78, 5) is 0. The monoisotopic (exact) mass is 341 g/mol. The smallest absolute Gasteiger partial charge is 0.0547 e. The van der Waals surface area contributed by atoms with Crippen molar-refractivity contribution in [3.05, 3.63) is 44.9 Å². The van der Waals surface area contributed by atoms with Gasteiger partial charge >= 0.3 is 0 Å². The van der Waals surface area contributed by atoms with Gasteiger partial charge in [-0.05, 0) is 62.4 Å². The first-order valence-electron chi connectivity index (χ1n) is 7.09. The molecule has 0 saturated heterocycles. The zero-order valence-corrected chi connectivity index (χ0v) is 13.7. The summed E-state index contributed by atoms with van der Waals surface area (Å²) in [6.07, 6.45) is 8.57. The molecule has 0 spiro atoms. The molecule has 1 atom stereocenters. The van der Waals surface area contributed by atoms with Gasteiger partial charge in [-0.3, -0.25) is 0 Å². The van der Waals surface area contributed by atoms with Crippen LogP contribution in [0.15, 0.2) is 34.3 Å². The predicted molar refractivity (Wildman–Crippen MR) is 86.7 cm³/mol. The van der Waals surface area contributed by atoms with E-state index in [1.807, 2.05) is 12.1 Å². The van der Waals surface area contributed by atoms with Gasteiger partial charge in [-0.2, -0.15) is 0 Å². The largest absolute Gasteiger partial charge is 0.306 e. The Labute approximate surface area is 129 Å². The third-order valence-corrected chi connectivity index (χ3v) is 4.52. The predicted octanol–water partition coefficient (Wildman–Crippen LogP) is 5.64. The molecule has 3 heteroatoms. The van der Waals surface area contributed by atoms with Gasteiger partial charge in [0.25, 0.3) is 0 Å². The summed E-state index contributed by atoms with van der Waals surface area (Å²) in [5.74, 6) is 0. The molecule has 0 bridgehead atoms. The van der Waals surface area contributed by atoms with Crippen molar-refractivity contribution in [1.29, 1.82) is 0 Å². The van der Waals surface area contributed by atoms with E-state index in [9.17, 15) is 0 Å². The van der Waals surface area contributed by atoms with Crippen LogP contribution in [0.5, 0.6) is 0 Å². The second-order valence-electron chi connectivity index (χ2n) is 5.08. The van der Waals surface area contributed by atoms with E-state index in [-0.39, 0.29) is 0 Å². The van der Waals surface area contributed by atoms with Crippen LogP contribution in [-0.4, -0.2) is 6.54 Å². The maximum Gasteiger partial charge on any atom is 0.0547 e. The van der Waals surface area contributed by atoms with Gasteiger partial charge in [0.05, 0.1) is 6.04 Å². The summed E-state index contributed by atoms with van der Waals surface area (Å²) in [7, 11) is 0. The number of hydrogen-bond donors (Lipinski definition) is 1. The Balaban J connectivity index is 2.30. The average Bonchev–Trinajstić information content (AvgIpc) is 2.44. The summed E-state index contributed by atoms with van der Waals surface area (Å²) >= 11 is 9.83. The van der Waals surface area contributed by atoms with Crippen LogP contribution in [0.1, 0.15) is 50.6 Å². The van der Waals surface area contributed by atoms with Crippen LogP contribution in [0.4, 0.5) is 0 Å². The molecule has 2 rings (SSSR count). The highest BCUT2D eigenvalue weighted by Crippen LogP contribution is 2.35. The maximum atomic E-state index is 6.17. The Hall–Kier alpha value is -0.310. The molecule has 1 aliphatic rings. The lowest BCUT2D eigenvalue weighted by Crippen LogP contribution is -2.25. The average molecular weight is 343 g/mol. The first kappa shape index (κ1) is 15.1. The molecule has 0 radical (unpaired) electrons. The number of hydrogen-bond acceptors (Lipinski definition) is 1. The van der Waals surface area contributed by atoms with E-state index in [0.717, 1.165) is 22.5 Å². The number of rotatable bonds is 5. The molecule has 1 aliphatic carbocycles. The highest BCUT2D eigenvalue weighted by molar-refractivity contribution is 9.10. The fourth-order valence-electron chi connectivity index (χ4n) is 2.59. The normalized spacial score (nSPS) is 17.1. The third kappa shape index (κ3) is 4.08. The molecular weight excluding hydrogens is 322 g/mol. The number of benzene rings is 1. The summed E-state index contributed by atoms with van der Waals surface area (Å²) in [6.45, 7) is 3.23. The highest BCUT2D eigenvalue weighted by atomic mass is 79.9. The van der Waals surface area contributed by atoms with E-state index in [4.69, 9.17) is 11.6 Å². The molecule has 104 valence electrons. The molecule has 1 unspecified atom stereocenters. The Morgan fingerprint density at radius 3 is 2.89 bits per heavy atom. The summed E-state index contributed by atoms with van der Waals surface area (Å²) in [5, 5.41) is 4.47. The van der Waals surface area contributed by atoms with Crippen LogP contribution >= 0.6 is 27.5 Å². The van der Waals surface area contributed by atoms with Gasteiger partial charge in [0.2, 0.25) is 0 Å². The van der Waals surface area contributed by atoms with Crippen molar-refractivity contribution in [2.45, 2.75) is 45.1 Å². The minimum absolute atomic E-state index is 0.299. The van der Waals surface area contributed by atoms with Crippen molar-refractivity contribution in [2.24, 2.45) is 0 Å². The lowest BCUT2D eigenvalue weighted by Gasteiger charge is -2.26. The van der Waals surface area contributed by atoms with Gasteiger partial charge in [-0.15, -0.1) is 0 Å². The second-order valence-corrected chi connectivity index (χ2v) is 6.37. The molecule has 19 heavy (non-hydrogen) atoms. The fourth-order valence-corrected chi connectivity index (χ4v) is 3.25. The molecular formula is C16H21BrClN. The molecule has 1 aromatic carbocycles. The van der Waals surface area contributed by atoms with Crippen LogP contribution in [0.2, 0.25) is 5.02 Å². The number of halogens is 2. The zero-order valence-electron chi connectivity index (χ0n) is 11.4. The molecule has 0 fully saturated rings. The van der Waals surface area contributed by atoms with E-state index in [0.29, 0.717) is 6.04 Å². The molecule has 0 aliphatic heterocycles. The van der Waals surface area contributed by atoms with Gasteiger partial charge < -0.3 is 5.32 Å². The van der Waals surface area contributed by atoms with E-state index in [1.54, 1.807) is 0 Å². The number of allylic oxidation sites excluding steroid dienone is 1. The van der Waals surface area contributed by atoms with Crippen molar-refractivity contribution in [1.82, 2.24) is 5.32 Å². The van der Waals surface area contributed by atoms with E-state index in [1.165, 1.54) is 36.8 Å². The number of nitrogens with one attached hydrogen (secondary N) is 1. The summed E-state index contributed by atoms with van der Waals surface area (Å²) < 4.78 is 1.14. The SMILES string of the molecule is CCCNC(C1=CCCCC1)c1cc(Cl)ccc1Br. The molecule has 0 aromatic heterocycles. The topological polar surface area (TPSA) is 12.0 Å². The maximum absolute atomic E-state index is 6.17. The molecule has 0 saturated carbocycles. The third-order valence-electron chi connectivity index (χ3n) is 3.56. The molecule has 0 heterocycles. The summed E-state index contributed by atoms with van der Waals surface area (Å²) in [6, 6.07) is 6.35. The quantitative estimate of drug-likeness (QED) is 0.682.